The summed E-state index contributed by atoms with van der Waals surface area (Å²) in [7, 11) is 0. The molecule has 0 aliphatic carbocycles. The molecule has 1 saturated heterocycles. The molecule has 2 rings (SSSR count). The van der Waals surface area contributed by atoms with E-state index in [1.54, 1.807) is 0 Å². The summed E-state index contributed by atoms with van der Waals surface area (Å²) in [5.41, 5.74) is 6.32. The maximum absolute atomic E-state index is 13.5. The summed E-state index contributed by atoms with van der Waals surface area (Å²) in [6.45, 7) is 0.712. The third-order valence-electron chi connectivity index (χ3n) is 2.87. The summed E-state index contributed by atoms with van der Waals surface area (Å²) in [5, 5.41) is 8.73. The third-order valence-corrected chi connectivity index (χ3v) is 2.87. The van der Waals surface area contributed by atoms with Crippen molar-refractivity contribution in [3.63, 3.8) is 0 Å². The van der Waals surface area contributed by atoms with Crippen molar-refractivity contribution in [1.82, 2.24) is 4.90 Å². The van der Waals surface area contributed by atoms with Crippen LogP contribution in [0.4, 0.5) is 4.39 Å². The van der Waals surface area contributed by atoms with E-state index < -0.39 is 11.9 Å². The van der Waals surface area contributed by atoms with Gasteiger partial charge in [0.15, 0.2) is 0 Å². The minimum Gasteiger partial charge on any atom is -0.337 e. The van der Waals surface area contributed by atoms with E-state index in [2.05, 4.69) is 0 Å². The lowest BCUT2D eigenvalue weighted by Gasteiger charge is -2.16. The number of benzene rings is 1. The third kappa shape index (κ3) is 2.27. The molecule has 0 aromatic heterocycles. The number of likely N-dealkylation sites (tertiary alicyclic amines) is 1. The van der Waals surface area contributed by atoms with E-state index in [1.165, 1.54) is 23.1 Å². The molecule has 5 heteroatoms. The molecule has 4 nitrogen and oxygen atoms in total. The van der Waals surface area contributed by atoms with Gasteiger partial charge < -0.3 is 10.6 Å². The van der Waals surface area contributed by atoms with Crippen LogP contribution < -0.4 is 5.73 Å². The van der Waals surface area contributed by atoms with Gasteiger partial charge in [-0.15, -0.1) is 0 Å². The van der Waals surface area contributed by atoms with E-state index in [4.69, 9.17) is 11.0 Å². The van der Waals surface area contributed by atoms with Crippen molar-refractivity contribution in [2.75, 3.05) is 6.54 Å². The summed E-state index contributed by atoms with van der Waals surface area (Å²) in [6, 6.07) is 5.59. The molecule has 0 bridgehead atoms. The van der Waals surface area contributed by atoms with Crippen LogP contribution in [0.5, 0.6) is 0 Å². The van der Waals surface area contributed by atoms with Gasteiger partial charge in [0.2, 0.25) is 5.91 Å². The smallest absolute Gasteiger partial charge is 0.239 e. The standard InChI is InChI=1S/C12H12FN3O/c13-10-2-1-8(6-14)5-9(10)7-16-4-3-11(15)12(16)17/h1-2,5,11H,3-4,7,15H2. The van der Waals surface area contributed by atoms with Crippen LogP contribution in [0, 0.1) is 17.1 Å². The van der Waals surface area contributed by atoms with Gasteiger partial charge in [-0.05, 0) is 24.6 Å². The van der Waals surface area contributed by atoms with Gasteiger partial charge in [0.1, 0.15) is 5.82 Å². The first-order chi connectivity index (χ1) is 8.11. The summed E-state index contributed by atoms with van der Waals surface area (Å²) >= 11 is 0. The van der Waals surface area contributed by atoms with Crippen molar-refractivity contribution in [1.29, 1.82) is 5.26 Å². The fourth-order valence-corrected chi connectivity index (χ4v) is 1.89. The van der Waals surface area contributed by atoms with Crippen molar-refractivity contribution in [3.05, 3.63) is 35.1 Å². The van der Waals surface area contributed by atoms with Gasteiger partial charge >= 0.3 is 0 Å². The van der Waals surface area contributed by atoms with E-state index in [1.807, 2.05) is 6.07 Å². The first-order valence-electron chi connectivity index (χ1n) is 5.34. The Balaban J connectivity index is 2.19. The van der Waals surface area contributed by atoms with Crippen LogP contribution in [0.1, 0.15) is 17.5 Å². The Morgan fingerprint density at radius 1 is 1.59 bits per heavy atom. The molecule has 1 amide bonds. The SMILES string of the molecule is N#Cc1ccc(F)c(CN2CCC(N)C2=O)c1. The first-order valence-corrected chi connectivity index (χ1v) is 5.34. The average molecular weight is 233 g/mol. The Morgan fingerprint density at radius 3 is 2.94 bits per heavy atom. The molecule has 1 aromatic rings. The number of nitrogens with zero attached hydrogens (tertiary/aromatic N) is 2. The summed E-state index contributed by atoms with van der Waals surface area (Å²) < 4.78 is 13.5. The Kier molecular flexibility index (Phi) is 3.07. The van der Waals surface area contributed by atoms with Crippen LogP contribution in [0.3, 0.4) is 0 Å². The molecule has 1 unspecified atom stereocenters. The topological polar surface area (TPSA) is 70.1 Å². The van der Waals surface area contributed by atoms with Gasteiger partial charge in [-0.1, -0.05) is 0 Å². The zero-order valence-corrected chi connectivity index (χ0v) is 9.19. The van der Waals surface area contributed by atoms with Gasteiger partial charge in [-0.25, -0.2) is 4.39 Å². The molecular weight excluding hydrogens is 221 g/mol. The molecule has 1 aromatic carbocycles. The second kappa shape index (κ2) is 4.52. The Morgan fingerprint density at radius 2 is 2.35 bits per heavy atom. The minimum absolute atomic E-state index is 0.160. The van der Waals surface area contributed by atoms with E-state index in [9.17, 15) is 9.18 Å². The van der Waals surface area contributed by atoms with Crippen molar-refractivity contribution < 1.29 is 9.18 Å². The van der Waals surface area contributed by atoms with Crippen LogP contribution >= 0.6 is 0 Å². The van der Waals surface area contributed by atoms with Gasteiger partial charge in [0.05, 0.1) is 17.7 Å². The minimum atomic E-state index is -0.475. The monoisotopic (exact) mass is 233 g/mol. The van der Waals surface area contributed by atoms with Crippen LogP contribution in [0.25, 0.3) is 0 Å². The molecule has 88 valence electrons. The highest BCUT2D eigenvalue weighted by atomic mass is 19.1. The second-order valence-electron chi connectivity index (χ2n) is 4.07. The second-order valence-corrected chi connectivity index (χ2v) is 4.07. The summed E-state index contributed by atoms with van der Waals surface area (Å²) in [4.78, 5) is 13.1. The lowest BCUT2D eigenvalue weighted by Crippen LogP contribution is -2.33. The molecule has 0 spiro atoms. The molecule has 2 N–H and O–H groups in total. The predicted molar refractivity (Wildman–Crippen MR) is 59.1 cm³/mol. The lowest BCUT2D eigenvalue weighted by atomic mass is 10.1. The molecule has 0 radical (unpaired) electrons. The van der Waals surface area contributed by atoms with E-state index in [0.29, 0.717) is 24.1 Å². The fourth-order valence-electron chi connectivity index (χ4n) is 1.89. The molecule has 17 heavy (non-hydrogen) atoms. The number of rotatable bonds is 2. The highest BCUT2D eigenvalue weighted by molar-refractivity contribution is 5.83. The van der Waals surface area contributed by atoms with E-state index in [0.717, 1.165) is 0 Å². The van der Waals surface area contributed by atoms with E-state index >= 15 is 0 Å². The molecule has 1 aliphatic heterocycles. The zero-order chi connectivity index (χ0) is 12.4. The van der Waals surface area contributed by atoms with E-state index in [-0.39, 0.29) is 12.5 Å². The normalized spacial score (nSPS) is 19.5. The number of amides is 1. The van der Waals surface area contributed by atoms with Gasteiger partial charge in [0.25, 0.3) is 0 Å². The summed E-state index contributed by atoms with van der Waals surface area (Å²) in [6.07, 6.45) is 0.596. The molecular formula is C12H12FN3O. The van der Waals surface area contributed by atoms with Crippen molar-refractivity contribution in [3.8, 4) is 6.07 Å². The highest BCUT2D eigenvalue weighted by Gasteiger charge is 2.28. The maximum Gasteiger partial charge on any atom is 0.239 e. The van der Waals surface area contributed by atoms with Crippen molar-refractivity contribution in [2.24, 2.45) is 5.73 Å². The number of carbonyl (C=O) groups excluding carboxylic acids is 1. The molecule has 0 saturated carbocycles. The summed E-state index contributed by atoms with van der Waals surface area (Å²) in [5.74, 6) is -0.566. The molecule has 1 fully saturated rings. The maximum atomic E-state index is 13.5. The first kappa shape index (κ1) is 11.6. The quantitative estimate of drug-likeness (QED) is 0.819. The molecule has 1 heterocycles. The lowest BCUT2D eigenvalue weighted by molar-refractivity contribution is -0.129. The fraction of sp³-hybridized carbons (Fsp3) is 0.333. The Hall–Kier alpha value is -1.93. The van der Waals surface area contributed by atoms with Gasteiger partial charge in [-0.3, -0.25) is 4.79 Å². The van der Waals surface area contributed by atoms with Crippen LogP contribution in [0.2, 0.25) is 0 Å². The Labute approximate surface area is 98.4 Å². The number of nitriles is 1. The zero-order valence-electron chi connectivity index (χ0n) is 9.19. The van der Waals surface area contributed by atoms with Crippen LogP contribution in [-0.2, 0) is 11.3 Å². The number of hydrogen-bond acceptors (Lipinski definition) is 3. The molecule has 1 aliphatic rings. The number of hydrogen-bond donors (Lipinski definition) is 1. The number of nitrogens with two attached hydrogens (primary N) is 1. The molecule has 1 atom stereocenters. The van der Waals surface area contributed by atoms with Crippen molar-refractivity contribution in [2.45, 2.75) is 19.0 Å². The average Bonchev–Trinajstić information content (AvgIpc) is 2.64. The number of carbonyl (C=O) groups is 1. The highest BCUT2D eigenvalue weighted by Crippen LogP contribution is 2.17. The van der Waals surface area contributed by atoms with Gasteiger partial charge in [0, 0.05) is 18.7 Å². The predicted octanol–water partition coefficient (Wildman–Crippen LogP) is 0.757. The largest absolute Gasteiger partial charge is 0.337 e. The van der Waals surface area contributed by atoms with Gasteiger partial charge in [-0.2, -0.15) is 5.26 Å². The van der Waals surface area contributed by atoms with Crippen molar-refractivity contribution >= 4 is 5.91 Å². The Bertz CT molecular complexity index is 495. The van der Waals surface area contributed by atoms with Crippen LogP contribution in [0.15, 0.2) is 18.2 Å². The van der Waals surface area contributed by atoms with Crippen LogP contribution in [-0.4, -0.2) is 23.4 Å². The number of halogens is 1.